The van der Waals surface area contributed by atoms with E-state index < -0.39 is 20.8 Å². The number of benzene rings is 2. The Morgan fingerprint density at radius 1 is 1.00 bits per heavy atom. The molecule has 0 aliphatic rings. The molecular weight excluding hydrogens is 239 g/mol. The van der Waals surface area contributed by atoms with Gasteiger partial charge in [0, 0.05) is 5.39 Å². The quantitative estimate of drug-likeness (QED) is 0.490. The van der Waals surface area contributed by atoms with Crippen molar-refractivity contribution >= 4 is 20.9 Å². The summed E-state index contributed by atoms with van der Waals surface area (Å²) in [6.45, 7) is 0. The summed E-state index contributed by atoms with van der Waals surface area (Å²) >= 11 is 0. The molecule has 0 unspecified atom stereocenters. The van der Waals surface area contributed by atoms with Crippen LogP contribution in [0.1, 0.15) is 0 Å². The third kappa shape index (κ3) is 2.39. The zero-order valence-corrected chi connectivity index (χ0v) is 11.4. The molecule has 0 spiro atoms. The Labute approximate surface area is 115 Å². The van der Waals surface area contributed by atoms with Gasteiger partial charge in [-0.3, -0.25) is 4.55 Å². The van der Waals surface area contributed by atoms with Gasteiger partial charge < -0.3 is 5.11 Å². The minimum atomic E-state index is -4.37. The van der Waals surface area contributed by atoms with Crippen molar-refractivity contribution in [3.8, 4) is 5.75 Å². The summed E-state index contributed by atoms with van der Waals surface area (Å²) < 4.78 is 30.6. The number of fused-ring (bicyclic) bond motifs is 1. The largest absolute Gasteiger partial charge is 1.00 e. The van der Waals surface area contributed by atoms with Crippen LogP contribution >= 0.6 is 0 Å². The van der Waals surface area contributed by atoms with Crippen molar-refractivity contribution in [1.82, 2.24) is 0 Å². The molecule has 0 bridgehead atoms. The second kappa shape index (κ2) is 4.73. The Morgan fingerprint density at radius 2 is 1.62 bits per heavy atom. The molecule has 2 rings (SSSR count). The number of phenols is 1. The standard InChI is InChI=1S/C10H8O4S.Na/c11-10-8-4-2-1-3-7(8)5-6-9(10)15(12,13)14;/h1-6,11H,(H,12,13,14);/q;+1. The van der Waals surface area contributed by atoms with E-state index in [1.165, 1.54) is 12.1 Å². The van der Waals surface area contributed by atoms with E-state index in [9.17, 15) is 13.5 Å². The molecule has 0 radical (unpaired) electrons. The monoisotopic (exact) mass is 247 g/mol. The van der Waals surface area contributed by atoms with E-state index in [1.54, 1.807) is 24.3 Å². The predicted octanol–water partition coefficient (Wildman–Crippen LogP) is -1.20. The number of hydrogen-bond acceptors (Lipinski definition) is 3. The fraction of sp³-hybridized carbons (Fsp3) is 0. The predicted molar refractivity (Wildman–Crippen MR) is 55.4 cm³/mol. The molecule has 0 atom stereocenters. The third-order valence-corrected chi connectivity index (χ3v) is 3.03. The van der Waals surface area contributed by atoms with Gasteiger partial charge in [0.25, 0.3) is 10.1 Å². The maximum absolute atomic E-state index is 10.9. The van der Waals surface area contributed by atoms with E-state index in [1.807, 2.05) is 0 Å². The molecule has 6 heteroatoms. The summed E-state index contributed by atoms with van der Waals surface area (Å²) in [5.74, 6) is -0.421. The summed E-state index contributed by atoms with van der Waals surface area (Å²) in [6, 6.07) is 9.47. The first kappa shape index (κ1) is 13.5. The van der Waals surface area contributed by atoms with Crippen LogP contribution in [-0.2, 0) is 10.1 Å². The molecule has 0 heterocycles. The molecule has 0 amide bonds. The van der Waals surface area contributed by atoms with Crippen molar-refractivity contribution in [2.45, 2.75) is 4.90 Å². The maximum atomic E-state index is 10.9. The molecule has 0 saturated carbocycles. The minimum absolute atomic E-state index is 0. The van der Waals surface area contributed by atoms with Crippen LogP contribution in [0.15, 0.2) is 41.3 Å². The molecule has 78 valence electrons. The summed E-state index contributed by atoms with van der Waals surface area (Å²) in [7, 11) is -4.37. The fourth-order valence-electron chi connectivity index (χ4n) is 1.44. The van der Waals surface area contributed by atoms with Gasteiger partial charge in [-0.05, 0) is 11.5 Å². The number of rotatable bonds is 1. The molecule has 2 aromatic carbocycles. The topological polar surface area (TPSA) is 74.6 Å². The molecule has 0 saturated heterocycles. The summed E-state index contributed by atoms with van der Waals surface area (Å²) in [5.41, 5.74) is 0. The Kier molecular flexibility index (Phi) is 3.98. The van der Waals surface area contributed by atoms with Crippen LogP contribution in [0.3, 0.4) is 0 Å². The van der Waals surface area contributed by atoms with Gasteiger partial charge in [0.2, 0.25) is 0 Å². The van der Waals surface area contributed by atoms with Crippen molar-refractivity contribution in [3.63, 3.8) is 0 Å². The SMILES string of the molecule is O=S(=O)(O)c1ccc2ccccc2c1O.[Na+]. The van der Waals surface area contributed by atoms with Gasteiger partial charge in [0.1, 0.15) is 10.6 Å². The van der Waals surface area contributed by atoms with Crippen LogP contribution in [0.4, 0.5) is 0 Å². The first-order valence-corrected chi connectivity index (χ1v) is 5.62. The van der Waals surface area contributed by atoms with Crippen LogP contribution in [0, 0.1) is 0 Å². The summed E-state index contributed by atoms with van der Waals surface area (Å²) in [4.78, 5) is -0.471. The van der Waals surface area contributed by atoms with Crippen molar-refractivity contribution < 1.29 is 47.6 Å². The third-order valence-electron chi connectivity index (χ3n) is 2.14. The van der Waals surface area contributed by atoms with E-state index in [0.717, 1.165) is 0 Å². The molecule has 0 aliphatic heterocycles. The van der Waals surface area contributed by atoms with E-state index in [0.29, 0.717) is 10.8 Å². The van der Waals surface area contributed by atoms with E-state index in [2.05, 4.69) is 0 Å². The Hall–Kier alpha value is -0.590. The molecule has 0 aromatic heterocycles. The molecule has 0 fully saturated rings. The molecule has 4 nitrogen and oxygen atoms in total. The Morgan fingerprint density at radius 3 is 2.25 bits per heavy atom. The van der Waals surface area contributed by atoms with Gasteiger partial charge in [-0.25, -0.2) is 0 Å². The smallest absolute Gasteiger partial charge is 0.506 e. The van der Waals surface area contributed by atoms with Gasteiger partial charge >= 0.3 is 29.6 Å². The van der Waals surface area contributed by atoms with Crippen LogP contribution in [-0.4, -0.2) is 18.1 Å². The van der Waals surface area contributed by atoms with Crippen molar-refractivity contribution in [2.24, 2.45) is 0 Å². The van der Waals surface area contributed by atoms with Crippen LogP contribution in [0.2, 0.25) is 0 Å². The number of phenolic OH excluding ortho intramolecular Hbond substituents is 1. The molecular formula is C10H8NaO4S+. The van der Waals surface area contributed by atoms with Gasteiger partial charge in [-0.15, -0.1) is 0 Å². The van der Waals surface area contributed by atoms with Crippen LogP contribution in [0.25, 0.3) is 10.8 Å². The van der Waals surface area contributed by atoms with Crippen molar-refractivity contribution in [3.05, 3.63) is 36.4 Å². The number of aromatic hydroxyl groups is 1. The Balaban J connectivity index is 0.00000128. The summed E-state index contributed by atoms with van der Waals surface area (Å²) in [5, 5.41) is 10.8. The zero-order chi connectivity index (χ0) is 11.1. The minimum Gasteiger partial charge on any atom is -0.506 e. The van der Waals surface area contributed by atoms with Crippen molar-refractivity contribution in [2.75, 3.05) is 0 Å². The second-order valence-corrected chi connectivity index (χ2v) is 4.50. The normalized spacial score (nSPS) is 11.1. The molecule has 2 N–H and O–H groups in total. The average molecular weight is 247 g/mol. The van der Waals surface area contributed by atoms with E-state index in [4.69, 9.17) is 4.55 Å². The molecule has 16 heavy (non-hydrogen) atoms. The van der Waals surface area contributed by atoms with Crippen LogP contribution < -0.4 is 29.6 Å². The van der Waals surface area contributed by atoms with Gasteiger partial charge in [0.05, 0.1) is 0 Å². The average Bonchev–Trinajstić information content (AvgIpc) is 2.16. The molecule has 0 aliphatic carbocycles. The zero-order valence-electron chi connectivity index (χ0n) is 8.58. The fourth-order valence-corrected chi connectivity index (χ4v) is 2.04. The molecule has 2 aromatic rings. The van der Waals surface area contributed by atoms with Gasteiger partial charge in [0.15, 0.2) is 0 Å². The second-order valence-electron chi connectivity index (χ2n) is 3.11. The van der Waals surface area contributed by atoms with E-state index in [-0.39, 0.29) is 29.6 Å². The first-order chi connectivity index (χ1) is 7.00. The first-order valence-electron chi connectivity index (χ1n) is 4.18. The Bertz CT molecular complexity index is 622. The maximum Gasteiger partial charge on any atom is 1.00 e. The van der Waals surface area contributed by atoms with Crippen LogP contribution in [0.5, 0.6) is 5.75 Å². The number of hydrogen-bond donors (Lipinski definition) is 2. The summed E-state index contributed by atoms with van der Waals surface area (Å²) in [6.07, 6.45) is 0. The van der Waals surface area contributed by atoms with Gasteiger partial charge in [-0.1, -0.05) is 30.3 Å². The van der Waals surface area contributed by atoms with Crippen molar-refractivity contribution in [1.29, 1.82) is 0 Å². The van der Waals surface area contributed by atoms with Gasteiger partial charge in [-0.2, -0.15) is 8.42 Å². The van der Waals surface area contributed by atoms with E-state index >= 15 is 0 Å².